The Kier molecular flexibility index (Phi) is 6.25. The summed E-state index contributed by atoms with van der Waals surface area (Å²) in [6.45, 7) is 3.01. The van der Waals surface area contributed by atoms with E-state index in [2.05, 4.69) is 6.07 Å². The number of hydrogen-bond donors (Lipinski definition) is 1. The van der Waals surface area contributed by atoms with Crippen molar-refractivity contribution in [2.45, 2.75) is 31.3 Å². The molecule has 1 fully saturated rings. The number of hydrogen-bond acceptors (Lipinski definition) is 5. The molecule has 6 nitrogen and oxygen atoms in total. The van der Waals surface area contributed by atoms with Crippen molar-refractivity contribution in [3.8, 4) is 11.5 Å². The van der Waals surface area contributed by atoms with Gasteiger partial charge in [-0.1, -0.05) is 24.3 Å². The molecule has 0 aliphatic carbocycles. The minimum Gasteiger partial charge on any atom is -0.496 e. The Labute approximate surface area is 177 Å². The number of methoxy groups -OCH3 is 1. The third kappa shape index (κ3) is 4.16. The van der Waals surface area contributed by atoms with Gasteiger partial charge in [0, 0.05) is 25.2 Å². The summed E-state index contributed by atoms with van der Waals surface area (Å²) >= 11 is 0. The van der Waals surface area contributed by atoms with Gasteiger partial charge in [0.05, 0.1) is 20.1 Å². The third-order valence-electron chi connectivity index (χ3n) is 6.10. The Balaban J connectivity index is 1.43. The maximum absolute atomic E-state index is 12.9. The molecular weight excluding hydrogens is 380 g/mol. The first kappa shape index (κ1) is 20.7. The highest BCUT2D eigenvalue weighted by Crippen LogP contribution is 2.45. The van der Waals surface area contributed by atoms with Gasteiger partial charge in [0.2, 0.25) is 5.91 Å². The lowest BCUT2D eigenvalue weighted by Crippen LogP contribution is -2.48. The zero-order valence-electron chi connectivity index (χ0n) is 17.6. The average molecular weight is 411 g/mol. The Hall–Kier alpha value is -2.57. The fourth-order valence-corrected chi connectivity index (χ4v) is 4.62. The summed E-state index contributed by atoms with van der Waals surface area (Å²) in [5.41, 5.74) is 8.57. The second-order valence-electron chi connectivity index (χ2n) is 7.93. The van der Waals surface area contributed by atoms with Crippen LogP contribution in [0, 0.1) is 0 Å². The van der Waals surface area contributed by atoms with E-state index in [0.29, 0.717) is 39.3 Å². The van der Waals surface area contributed by atoms with Crippen LogP contribution in [0.1, 0.15) is 29.5 Å². The van der Waals surface area contributed by atoms with Gasteiger partial charge in [-0.15, -0.1) is 0 Å². The quantitative estimate of drug-likeness (QED) is 0.793. The van der Waals surface area contributed by atoms with Crippen LogP contribution in [0.4, 0.5) is 0 Å². The molecule has 6 heteroatoms. The van der Waals surface area contributed by atoms with Crippen LogP contribution >= 0.6 is 0 Å². The number of piperidine rings is 1. The summed E-state index contributed by atoms with van der Waals surface area (Å²) in [6, 6.07) is 13.9. The number of nitrogens with zero attached hydrogens (tertiary/aromatic N) is 1. The van der Waals surface area contributed by atoms with Gasteiger partial charge in [-0.2, -0.15) is 0 Å². The smallest absolute Gasteiger partial charge is 0.226 e. The largest absolute Gasteiger partial charge is 0.496 e. The lowest BCUT2D eigenvalue weighted by molar-refractivity contribution is -0.140. The first-order valence-electron chi connectivity index (χ1n) is 10.6. The highest BCUT2D eigenvalue weighted by molar-refractivity contribution is 5.79. The van der Waals surface area contributed by atoms with Crippen molar-refractivity contribution in [1.82, 2.24) is 4.90 Å². The Morgan fingerprint density at radius 1 is 1.20 bits per heavy atom. The van der Waals surface area contributed by atoms with Crippen LogP contribution in [0.15, 0.2) is 42.5 Å². The zero-order valence-corrected chi connectivity index (χ0v) is 17.6. The number of fused-ring (bicyclic) bond motifs is 2. The van der Waals surface area contributed by atoms with E-state index in [4.69, 9.17) is 19.9 Å². The monoisotopic (exact) mass is 410 g/mol. The molecule has 2 aromatic carbocycles. The zero-order chi connectivity index (χ0) is 21.0. The van der Waals surface area contributed by atoms with E-state index < -0.39 is 0 Å². The molecule has 0 saturated carbocycles. The molecule has 0 atom stereocenters. The van der Waals surface area contributed by atoms with Crippen LogP contribution in [0.5, 0.6) is 11.5 Å². The summed E-state index contributed by atoms with van der Waals surface area (Å²) in [5.74, 6) is 1.78. The highest BCUT2D eigenvalue weighted by atomic mass is 16.5. The Bertz CT molecular complexity index is 876. The summed E-state index contributed by atoms with van der Waals surface area (Å²) in [6.07, 6.45) is 2.84. The van der Waals surface area contributed by atoms with Gasteiger partial charge >= 0.3 is 0 Å². The van der Waals surface area contributed by atoms with Crippen LogP contribution in [-0.4, -0.2) is 50.8 Å². The molecule has 2 aliphatic rings. The normalized spacial score (nSPS) is 17.5. The third-order valence-corrected chi connectivity index (χ3v) is 6.10. The summed E-state index contributed by atoms with van der Waals surface area (Å²) < 4.78 is 17.6. The molecule has 1 spiro atoms. The van der Waals surface area contributed by atoms with Gasteiger partial charge < -0.3 is 24.8 Å². The molecular formula is C24H30N2O4. The number of nitrogens with two attached hydrogens (primary N) is 1. The Morgan fingerprint density at radius 3 is 2.77 bits per heavy atom. The van der Waals surface area contributed by atoms with E-state index in [1.807, 2.05) is 41.3 Å². The van der Waals surface area contributed by atoms with E-state index in [1.165, 1.54) is 11.1 Å². The van der Waals surface area contributed by atoms with Crippen molar-refractivity contribution in [3.05, 3.63) is 59.2 Å². The number of ether oxygens (including phenoxy) is 3. The standard InChI is InChI=1S/C24H30N2O4/c1-28-21-7-3-5-19-8-14-30-24(23(19)21)9-12-26(13-10-24)22(27)17-18-4-2-6-20(16-18)29-15-11-25/h2-7,16H,8-15,17,25H2,1H3. The van der Waals surface area contributed by atoms with E-state index in [0.717, 1.165) is 36.3 Å². The number of rotatable bonds is 6. The predicted octanol–water partition coefficient (Wildman–Crippen LogP) is 2.67. The molecule has 0 aromatic heterocycles. The van der Waals surface area contributed by atoms with E-state index in [1.54, 1.807) is 7.11 Å². The average Bonchev–Trinajstić information content (AvgIpc) is 2.78. The molecule has 2 heterocycles. The molecule has 4 rings (SSSR count). The van der Waals surface area contributed by atoms with Crippen molar-refractivity contribution in [2.75, 3.05) is 40.0 Å². The van der Waals surface area contributed by atoms with Gasteiger partial charge in [-0.25, -0.2) is 0 Å². The maximum atomic E-state index is 12.9. The fraction of sp³-hybridized carbons (Fsp3) is 0.458. The lowest BCUT2D eigenvalue weighted by Gasteiger charge is -2.45. The molecule has 1 saturated heterocycles. The van der Waals surface area contributed by atoms with Gasteiger partial charge in [0.25, 0.3) is 0 Å². The lowest BCUT2D eigenvalue weighted by atomic mass is 9.78. The number of carbonyl (C=O) groups is 1. The van der Waals surface area contributed by atoms with Gasteiger partial charge in [-0.05, 0) is 48.6 Å². The van der Waals surface area contributed by atoms with Gasteiger partial charge in [0.15, 0.2) is 0 Å². The minimum atomic E-state index is -0.354. The molecule has 0 bridgehead atoms. The SMILES string of the molecule is COc1cccc2c1C1(CCN(C(=O)Cc3cccc(OCCN)c3)CC1)OCC2. The van der Waals surface area contributed by atoms with Crippen LogP contribution < -0.4 is 15.2 Å². The molecule has 2 aliphatic heterocycles. The minimum absolute atomic E-state index is 0.136. The number of benzene rings is 2. The summed E-state index contributed by atoms with van der Waals surface area (Å²) in [5, 5.41) is 0. The highest BCUT2D eigenvalue weighted by Gasteiger charge is 2.43. The number of likely N-dealkylation sites (tertiary alicyclic amines) is 1. The molecule has 0 unspecified atom stereocenters. The fourth-order valence-electron chi connectivity index (χ4n) is 4.62. The topological polar surface area (TPSA) is 74.0 Å². The molecule has 30 heavy (non-hydrogen) atoms. The van der Waals surface area contributed by atoms with E-state index in [9.17, 15) is 4.79 Å². The summed E-state index contributed by atoms with van der Waals surface area (Å²) in [4.78, 5) is 14.9. The first-order valence-corrected chi connectivity index (χ1v) is 10.6. The second-order valence-corrected chi connectivity index (χ2v) is 7.93. The molecule has 2 aromatic rings. The van der Waals surface area contributed by atoms with Crippen molar-refractivity contribution >= 4 is 5.91 Å². The Morgan fingerprint density at radius 2 is 2.00 bits per heavy atom. The molecule has 0 radical (unpaired) electrons. The first-order chi connectivity index (χ1) is 14.6. The maximum Gasteiger partial charge on any atom is 0.226 e. The van der Waals surface area contributed by atoms with Gasteiger partial charge in [0.1, 0.15) is 23.7 Å². The van der Waals surface area contributed by atoms with Crippen LogP contribution in [-0.2, 0) is 28.0 Å². The van der Waals surface area contributed by atoms with E-state index >= 15 is 0 Å². The van der Waals surface area contributed by atoms with Crippen molar-refractivity contribution in [2.24, 2.45) is 5.73 Å². The predicted molar refractivity (Wildman–Crippen MR) is 115 cm³/mol. The van der Waals surface area contributed by atoms with Crippen LogP contribution in [0.3, 0.4) is 0 Å². The summed E-state index contributed by atoms with van der Waals surface area (Å²) in [7, 11) is 1.71. The molecule has 160 valence electrons. The number of carbonyl (C=O) groups excluding carboxylic acids is 1. The van der Waals surface area contributed by atoms with Crippen LogP contribution in [0.2, 0.25) is 0 Å². The van der Waals surface area contributed by atoms with Crippen molar-refractivity contribution in [3.63, 3.8) is 0 Å². The molecule has 1 amide bonds. The number of amides is 1. The van der Waals surface area contributed by atoms with Crippen molar-refractivity contribution in [1.29, 1.82) is 0 Å². The second kappa shape index (κ2) is 9.06. The van der Waals surface area contributed by atoms with Gasteiger partial charge in [-0.3, -0.25) is 4.79 Å². The van der Waals surface area contributed by atoms with E-state index in [-0.39, 0.29) is 11.5 Å². The molecule has 2 N–H and O–H groups in total. The van der Waals surface area contributed by atoms with Crippen molar-refractivity contribution < 1.29 is 19.0 Å². The van der Waals surface area contributed by atoms with Crippen LogP contribution in [0.25, 0.3) is 0 Å².